The van der Waals surface area contributed by atoms with E-state index >= 15 is 0 Å². The van der Waals surface area contributed by atoms with E-state index in [4.69, 9.17) is 5.11 Å². The summed E-state index contributed by atoms with van der Waals surface area (Å²) in [5.74, 6) is -0.519. The predicted octanol–water partition coefficient (Wildman–Crippen LogP) is 2.80. The van der Waals surface area contributed by atoms with Gasteiger partial charge in [0.05, 0.1) is 6.54 Å². The highest BCUT2D eigenvalue weighted by atomic mass is 16.4. The van der Waals surface area contributed by atoms with Crippen molar-refractivity contribution in [3.8, 4) is 0 Å². The molecule has 1 atom stereocenters. The van der Waals surface area contributed by atoms with Gasteiger partial charge in [-0.05, 0) is 42.9 Å². The van der Waals surface area contributed by atoms with Gasteiger partial charge in [0.25, 0.3) is 0 Å². The molecule has 1 aliphatic carbocycles. The minimum Gasteiger partial charge on any atom is -0.480 e. The molecule has 138 valence electrons. The highest BCUT2D eigenvalue weighted by Gasteiger charge is 2.34. The Morgan fingerprint density at radius 1 is 1.24 bits per heavy atom. The first kappa shape index (κ1) is 19.4. The van der Waals surface area contributed by atoms with E-state index in [0.717, 1.165) is 25.8 Å². The molecule has 1 amide bonds. The first-order chi connectivity index (χ1) is 11.9. The Balaban J connectivity index is 1.75. The quantitative estimate of drug-likeness (QED) is 0.721. The van der Waals surface area contributed by atoms with Crippen molar-refractivity contribution in [2.75, 3.05) is 13.1 Å². The van der Waals surface area contributed by atoms with Crippen LogP contribution < -0.4 is 5.32 Å². The number of hydrogen-bond acceptors (Lipinski definition) is 3. The number of carbonyl (C=O) groups is 2. The number of carbonyl (C=O) groups excluding carboxylic acids is 1. The lowest BCUT2D eigenvalue weighted by Gasteiger charge is -2.42. The van der Waals surface area contributed by atoms with Gasteiger partial charge >= 0.3 is 5.97 Å². The molecule has 25 heavy (non-hydrogen) atoms. The number of hydrogen-bond donors (Lipinski definition) is 2. The molecule has 5 nitrogen and oxygen atoms in total. The van der Waals surface area contributed by atoms with Gasteiger partial charge in [-0.15, -0.1) is 0 Å². The topological polar surface area (TPSA) is 69.6 Å². The minimum absolute atomic E-state index is 0.0760. The summed E-state index contributed by atoms with van der Waals surface area (Å²) in [4.78, 5) is 25.1. The van der Waals surface area contributed by atoms with Crippen molar-refractivity contribution >= 4 is 11.9 Å². The molecule has 0 aromatic heterocycles. The lowest BCUT2D eigenvalue weighted by atomic mass is 9.85. The molecule has 2 N–H and O–H groups in total. The van der Waals surface area contributed by atoms with E-state index in [1.807, 2.05) is 11.8 Å². The van der Waals surface area contributed by atoms with Crippen LogP contribution in [0.2, 0.25) is 0 Å². The third-order valence-electron chi connectivity index (χ3n) is 5.19. The first-order valence-corrected chi connectivity index (χ1v) is 9.26. The number of amides is 1. The first-order valence-electron chi connectivity index (χ1n) is 9.26. The Hall–Kier alpha value is -1.88. The standard InChI is InChI=1S/C20H30N2O3/c1-4-15-6-8-16(9-7-15)14(3)10-19(23)21-17-11-18(12-17)22(5-2)13-20(24)25/h6-9,14,17-18H,4-5,10-13H2,1-3H3,(H,21,23)(H,24,25). The molecule has 1 aromatic rings. The van der Waals surface area contributed by atoms with E-state index < -0.39 is 5.97 Å². The van der Waals surface area contributed by atoms with E-state index in [9.17, 15) is 9.59 Å². The van der Waals surface area contributed by atoms with Crippen molar-refractivity contribution in [1.29, 1.82) is 0 Å². The number of nitrogens with one attached hydrogen (secondary N) is 1. The van der Waals surface area contributed by atoms with Crippen LogP contribution >= 0.6 is 0 Å². The molecule has 0 radical (unpaired) electrons. The number of likely N-dealkylation sites (N-methyl/N-ethyl adjacent to an activating group) is 1. The summed E-state index contributed by atoms with van der Waals surface area (Å²) in [5, 5.41) is 12.0. The maximum Gasteiger partial charge on any atom is 0.317 e. The zero-order valence-corrected chi connectivity index (χ0v) is 15.5. The monoisotopic (exact) mass is 346 g/mol. The average molecular weight is 346 g/mol. The van der Waals surface area contributed by atoms with Gasteiger partial charge in [0, 0.05) is 18.5 Å². The molecule has 1 saturated carbocycles. The molecule has 1 unspecified atom stereocenters. The van der Waals surface area contributed by atoms with Crippen molar-refractivity contribution in [2.24, 2.45) is 0 Å². The molecule has 5 heteroatoms. The third kappa shape index (κ3) is 5.56. The van der Waals surface area contributed by atoms with Crippen LogP contribution in [0.1, 0.15) is 57.1 Å². The number of carboxylic acid groups (broad SMARTS) is 1. The number of benzene rings is 1. The van der Waals surface area contributed by atoms with Crippen LogP contribution in [0.3, 0.4) is 0 Å². The number of carboxylic acids is 1. The summed E-state index contributed by atoms with van der Waals surface area (Å²) in [6.07, 6.45) is 3.19. The second-order valence-electron chi connectivity index (χ2n) is 7.05. The highest BCUT2D eigenvalue weighted by Crippen LogP contribution is 2.26. The molecule has 0 saturated heterocycles. The molecule has 0 aliphatic heterocycles. The normalized spacial score (nSPS) is 20.8. The number of aryl methyl sites for hydroxylation is 1. The van der Waals surface area contributed by atoms with Crippen LogP contribution in [0.4, 0.5) is 0 Å². The second-order valence-corrected chi connectivity index (χ2v) is 7.05. The van der Waals surface area contributed by atoms with Crippen LogP contribution in [0.15, 0.2) is 24.3 Å². The van der Waals surface area contributed by atoms with Gasteiger partial charge in [-0.25, -0.2) is 0 Å². The van der Waals surface area contributed by atoms with E-state index in [0.29, 0.717) is 6.42 Å². The third-order valence-corrected chi connectivity index (χ3v) is 5.19. The summed E-state index contributed by atoms with van der Waals surface area (Å²) in [6.45, 7) is 6.99. The molecule has 0 bridgehead atoms. The Bertz CT molecular complexity index is 579. The molecule has 1 fully saturated rings. The lowest BCUT2D eigenvalue weighted by Crippen LogP contribution is -2.54. The second kappa shape index (κ2) is 8.99. The zero-order chi connectivity index (χ0) is 18.4. The SMILES string of the molecule is CCc1ccc(C(C)CC(=O)NC2CC(N(CC)CC(=O)O)C2)cc1. The summed E-state index contributed by atoms with van der Waals surface area (Å²) >= 11 is 0. The fourth-order valence-electron chi connectivity index (χ4n) is 3.44. The van der Waals surface area contributed by atoms with Crippen molar-refractivity contribution in [3.05, 3.63) is 35.4 Å². The van der Waals surface area contributed by atoms with Crippen LogP contribution in [0.5, 0.6) is 0 Å². The van der Waals surface area contributed by atoms with Gasteiger partial charge < -0.3 is 10.4 Å². The minimum atomic E-state index is -0.794. The summed E-state index contributed by atoms with van der Waals surface area (Å²) in [7, 11) is 0. The fourth-order valence-corrected chi connectivity index (χ4v) is 3.44. The fraction of sp³-hybridized carbons (Fsp3) is 0.600. The Morgan fingerprint density at radius 3 is 2.40 bits per heavy atom. The van der Waals surface area contributed by atoms with Crippen molar-refractivity contribution in [3.63, 3.8) is 0 Å². The van der Waals surface area contributed by atoms with Crippen molar-refractivity contribution in [1.82, 2.24) is 10.2 Å². The van der Waals surface area contributed by atoms with Gasteiger partial charge in [0.15, 0.2) is 0 Å². The van der Waals surface area contributed by atoms with Gasteiger partial charge in [0.1, 0.15) is 0 Å². The summed E-state index contributed by atoms with van der Waals surface area (Å²) in [5.41, 5.74) is 2.50. The molecular formula is C20H30N2O3. The number of aliphatic carboxylic acids is 1. The van der Waals surface area contributed by atoms with Crippen molar-refractivity contribution in [2.45, 2.75) is 64.5 Å². The number of nitrogens with zero attached hydrogens (tertiary/aromatic N) is 1. The van der Waals surface area contributed by atoms with Crippen molar-refractivity contribution < 1.29 is 14.7 Å². The molecule has 1 aromatic carbocycles. The Morgan fingerprint density at radius 2 is 1.88 bits per heavy atom. The highest BCUT2D eigenvalue weighted by molar-refractivity contribution is 5.77. The van der Waals surface area contributed by atoms with Crippen LogP contribution in [0.25, 0.3) is 0 Å². The predicted molar refractivity (Wildman–Crippen MR) is 98.7 cm³/mol. The molecule has 0 heterocycles. The molecule has 0 spiro atoms. The van der Waals surface area contributed by atoms with E-state index in [1.54, 1.807) is 0 Å². The largest absolute Gasteiger partial charge is 0.480 e. The van der Waals surface area contributed by atoms with Crippen LogP contribution in [-0.4, -0.2) is 47.1 Å². The Kier molecular flexibility index (Phi) is 7.00. The summed E-state index contributed by atoms with van der Waals surface area (Å²) in [6, 6.07) is 8.92. The van der Waals surface area contributed by atoms with Gasteiger partial charge in [-0.2, -0.15) is 0 Å². The summed E-state index contributed by atoms with van der Waals surface area (Å²) < 4.78 is 0. The molecular weight excluding hydrogens is 316 g/mol. The zero-order valence-electron chi connectivity index (χ0n) is 15.5. The maximum atomic E-state index is 12.3. The maximum absolute atomic E-state index is 12.3. The van der Waals surface area contributed by atoms with Gasteiger partial charge in [-0.1, -0.05) is 45.0 Å². The molecule has 1 aliphatic rings. The van der Waals surface area contributed by atoms with E-state index in [2.05, 4.69) is 43.4 Å². The molecule has 2 rings (SSSR count). The Labute approximate surface area is 150 Å². The smallest absolute Gasteiger partial charge is 0.317 e. The average Bonchev–Trinajstić information content (AvgIpc) is 2.55. The van der Waals surface area contributed by atoms with Crippen LogP contribution in [-0.2, 0) is 16.0 Å². The number of rotatable bonds is 9. The lowest BCUT2D eigenvalue weighted by molar-refractivity contribution is -0.139. The van der Waals surface area contributed by atoms with Gasteiger partial charge in [0.2, 0.25) is 5.91 Å². The van der Waals surface area contributed by atoms with Crippen LogP contribution in [0, 0.1) is 0 Å². The van der Waals surface area contributed by atoms with E-state index in [-0.39, 0.29) is 30.5 Å². The van der Waals surface area contributed by atoms with E-state index in [1.165, 1.54) is 11.1 Å². The van der Waals surface area contributed by atoms with Gasteiger partial charge in [-0.3, -0.25) is 14.5 Å².